The standard InChI is InChI=1S/C27H28ClFN4O5S/c1-3-39(37,38)32(2)20-14-21(26(35)30-18-9-7-17(28)8-10-18)22(15-20)27(36)31-24-12-11-19(16-23(24)29)33-13-5-4-6-25(33)34/h4-13,16,20-22H,3,14-15H2,1-2H3,(H,30,35)(H,31,36)/t20?,21-,22-/m0/s1. The molecule has 2 aromatic carbocycles. The smallest absolute Gasteiger partial charge is 0.255 e. The van der Waals surface area contributed by atoms with E-state index in [2.05, 4.69) is 10.6 Å². The number of pyridine rings is 1. The molecule has 0 radical (unpaired) electrons. The molecule has 0 aliphatic heterocycles. The number of aromatic nitrogens is 1. The van der Waals surface area contributed by atoms with Gasteiger partial charge < -0.3 is 10.6 Å². The van der Waals surface area contributed by atoms with Crippen LogP contribution >= 0.6 is 11.6 Å². The number of amides is 2. The predicted molar refractivity (Wildman–Crippen MR) is 148 cm³/mol. The molecule has 1 aliphatic carbocycles. The molecule has 39 heavy (non-hydrogen) atoms. The Morgan fingerprint density at radius 2 is 1.67 bits per heavy atom. The molecule has 1 heterocycles. The number of sulfonamides is 1. The number of rotatable bonds is 8. The molecule has 0 bridgehead atoms. The summed E-state index contributed by atoms with van der Waals surface area (Å²) in [5, 5.41) is 5.80. The summed E-state index contributed by atoms with van der Waals surface area (Å²) in [5.74, 6) is -3.75. The molecule has 1 aromatic heterocycles. The molecule has 2 amide bonds. The number of nitrogens with one attached hydrogen (secondary N) is 2. The Kier molecular flexibility index (Phi) is 8.53. The molecule has 0 saturated heterocycles. The van der Waals surface area contributed by atoms with Crippen LogP contribution in [0.5, 0.6) is 0 Å². The fraction of sp³-hybridized carbons (Fsp3) is 0.296. The first kappa shape index (κ1) is 28.5. The molecule has 1 saturated carbocycles. The number of halogens is 2. The van der Waals surface area contributed by atoms with Crippen LogP contribution in [-0.2, 0) is 19.6 Å². The van der Waals surface area contributed by atoms with Crippen LogP contribution in [0.25, 0.3) is 5.69 Å². The third-order valence-electron chi connectivity index (χ3n) is 6.95. The van der Waals surface area contributed by atoms with Gasteiger partial charge in [0.25, 0.3) is 5.56 Å². The summed E-state index contributed by atoms with van der Waals surface area (Å²) in [6.45, 7) is 1.52. The number of hydrogen-bond donors (Lipinski definition) is 2. The quantitative estimate of drug-likeness (QED) is 0.423. The van der Waals surface area contributed by atoms with Gasteiger partial charge in [-0.1, -0.05) is 17.7 Å². The normalized spacial score (nSPS) is 19.2. The van der Waals surface area contributed by atoms with E-state index in [1.807, 2.05) is 0 Å². The van der Waals surface area contributed by atoms with Gasteiger partial charge >= 0.3 is 0 Å². The highest BCUT2D eigenvalue weighted by molar-refractivity contribution is 7.89. The second-order valence-electron chi connectivity index (χ2n) is 9.31. The number of benzene rings is 2. The van der Waals surface area contributed by atoms with Gasteiger partial charge in [0.15, 0.2) is 0 Å². The van der Waals surface area contributed by atoms with Crippen molar-refractivity contribution in [2.75, 3.05) is 23.4 Å². The molecule has 9 nitrogen and oxygen atoms in total. The fourth-order valence-corrected chi connectivity index (χ4v) is 5.87. The molecule has 1 fully saturated rings. The van der Waals surface area contributed by atoms with Gasteiger partial charge in [0.05, 0.1) is 29.0 Å². The van der Waals surface area contributed by atoms with Gasteiger partial charge in [0.2, 0.25) is 21.8 Å². The molecular weight excluding hydrogens is 547 g/mol. The van der Waals surface area contributed by atoms with E-state index in [1.54, 1.807) is 36.4 Å². The first-order chi connectivity index (χ1) is 18.5. The SMILES string of the molecule is CCS(=O)(=O)N(C)C1C[C@H](C(=O)Nc2ccc(Cl)cc2)[C@@H](C(=O)Nc2ccc(-n3ccccc3=O)cc2F)C1. The summed E-state index contributed by atoms with van der Waals surface area (Å²) in [4.78, 5) is 38.7. The van der Waals surface area contributed by atoms with E-state index in [0.717, 1.165) is 6.07 Å². The van der Waals surface area contributed by atoms with E-state index >= 15 is 0 Å². The first-order valence-electron chi connectivity index (χ1n) is 12.3. The molecular formula is C27H28ClFN4O5S. The molecule has 1 unspecified atom stereocenters. The van der Waals surface area contributed by atoms with Crippen molar-refractivity contribution in [3.8, 4) is 5.69 Å². The Bertz CT molecular complexity index is 1540. The molecule has 206 valence electrons. The lowest BCUT2D eigenvalue weighted by atomic mass is 9.94. The van der Waals surface area contributed by atoms with E-state index in [4.69, 9.17) is 11.6 Å². The summed E-state index contributed by atoms with van der Waals surface area (Å²) in [6.07, 6.45) is 1.70. The summed E-state index contributed by atoms with van der Waals surface area (Å²) in [5.41, 5.74) is 0.289. The molecule has 12 heteroatoms. The van der Waals surface area contributed by atoms with E-state index in [9.17, 15) is 27.2 Å². The van der Waals surface area contributed by atoms with Gasteiger partial charge in [0.1, 0.15) is 5.82 Å². The van der Waals surface area contributed by atoms with Crippen molar-refractivity contribution < 1.29 is 22.4 Å². The van der Waals surface area contributed by atoms with Crippen LogP contribution in [0.15, 0.2) is 71.7 Å². The van der Waals surface area contributed by atoms with Crippen LogP contribution in [0, 0.1) is 17.7 Å². The van der Waals surface area contributed by atoms with Gasteiger partial charge in [-0.2, -0.15) is 0 Å². The zero-order valence-electron chi connectivity index (χ0n) is 21.3. The van der Waals surface area contributed by atoms with E-state index in [1.165, 1.54) is 47.2 Å². The zero-order valence-corrected chi connectivity index (χ0v) is 22.9. The van der Waals surface area contributed by atoms with Crippen molar-refractivity contribution in [3.63, 3.8) is 0 Å². The summed E-state index contributed by atoms with van der Waals surface area (Å²) < 4.78 is 42.5. The fourth-order valence-electron chi connectivity index (χ4n) is 4.71. The van der Waals surface area contributed by atoms with Crippen molar-refractivity contribution in [2.45, 2.75) is 25.8 Å². The van der Waals surface area contributed by atoms with E-state index in [-0.39, 0.29) is 35.5 Å². The lowest BCUT2D eigenvalue weighted by Crippen LogP contribution is -2.37. The molecule has 3 atom stereocenters. The highest BCUT2D eigenvalue weighted by Gasteiger charge is 2.46. The topological polar surface area (TPSA) is 118 Å². The minimum atomic E-state index is -3.58. The number of hydrogen-bond acceptors (Lipinski definition) is 5. The maximum absolute atomic E-state index is 15.0. The summed E-state index contributed by atoms with van der Waals surface area (Å²) >= 11 is 5.92. The highest BCUT2D eigenvalue weighted by atomic mass is 35.5. The number of carbonyl (C=O) groups excluding carboxylic acids is 2. The van der Waals surface area contributed by atoms with Crippen molar-refractivity contribution >= 4 is 44.8 Å². The maximum Gasteiger partial charge on any atom is 0.255 e. The molecule has 1 aliphatic rings. The number of anilines is 2. The number of carbonyl (C=O) groups is 2. The predicted octanol–water partition coefficient (Wildman–Crippen LogP) is 3.88. The van der Waals surface area contributed by atoms with E-state index in [0.29, 0.717) is 10.7 Å². The average molecular weight is 575 g/mol. The minimum Gasteiger partial charge on any atom is -0.326 e. The largest absolute Gasteiger partial charge is 0.326 e. The monoisotopic (exact) mass is 574 g/mol. The summed E-state index contributed by atoms with van der Waals surface area (Å²) in [6, 6.07) is 14.4. The average Bonchev–Trinajstić information content (AvgIpc) is 3.37. The summed E-state index contributed by atoms with van der Waals surface area (Å²) in [7, 11) is -2.14. The molecule has 0 spiro atoms. The van der Waals surface area contributed by atoms with Crippen LogP contribution in [0.2, 0.25) is 5.02 Å². The van der Waals surface area contributed by atoms with Gasteiger partial charge in [-0.25, -0.2) is 17.1 Å². The van der Waals surface area contributed by atoms with Crippen LogP contribution in [-0.4, -0.2) is 47.9 Å². The van der Waals surface area contributed by atoms with Crippen molar-refractivity contribution in [1.82, 2.24) is 8.87 Å². The minimum absolute atomic E-state index is 0.0827. The lowest BCUT2D eigenvalue weighted by molar-refractivity contribution is -0.128. The van der Waals surface area contributed by atoms with Crippen LogP contribution < -0.4 is 16.2 Å². The zero-order chi connectivity index (χ0) is 28.3. The second kappa shape index (κ2) is 11.7. The van der Waals surface area contributed by atoms with Crippen molar-refractivity contribution in [3.05, 3.63) is 88.1 Å². The van der Waals surface area contributed by atoms with E-state index < -0.39 is 45.5 Å². The van der Waals surface area contributed by atoms with Crippen LogP contribution in [0.3, 0.4) is 0 Å². The Balaban J connectivity index is 1.57. The Morgan fingerprint density at radius 1 is 1.03 bits per heavy atom. The van der Waals surface area contributed by atoms with Gasteiger partial charge in [-0.05, 0) is 62.2 Å². The van der Waals surface area contributed by atoms with Crippen LogP contribution in [0.1, 0.15) is 19.8 Å². The molecule has 2 N–H and O–H groups in total. The third-order valence-corrected chi connectivity index (χ3v) is 9.11. The Morgan fingerprint density at radius 3 is 2.26 bits per heavy atom. The van der Waals surface area contributed by atoms with Gasteiger partial charge in [0, 0.05) is 42.1 Å². The van der Waals surface area contributed by atoms with Crippen molar-refractivity contribution in [2.24, 2.45) is 11.8 Å². The first-order valence-corrected chi connectivity index (χ1v) is 14.3. The van der Waals surface area contributed by atoms with Gasteiger partial charge in [-0.3, -0.25) is 19.0 Å². The maximum atomic E-state index is 15.0. The molecule has 3 aromatic rings. The van der Waals surface area contributed by atoms with Gasteiger partial charge in [-0.15, -0.1) is 0 Å². The van der Waals surface area contributed by atoms with Crippen LogP contribution in [0.4, 0.5) is 15.8 Å². The Labute approximate surface area is 230 Å². The highest BCUT2D eigenvalue weighted by Crippen LogP contribution is 2.37. The molecule has 4 rings (SSSR count). The Hall–Kier alpha value is -3.54. The lowest BCUT2D eigenvalue weighted by Gasteiger charge is -2.23. The second-order valence-corrected chi connectivity index (χ2v) is 12.1. The number of nitrogens with zero attached hydrogens (tertiary/aromatic N) is 2. The van der Waals surface area contributed by atoms with Crippen molar-refractivity contribution in [1.29, 1.82) is 0 Å². The third kappa shape index (κ3) is 6.38.